The first-order valence-electron chi connectivity index (χ1n) is 5.70. The Labute approximate surface area is 100 Å². The van der Waals surface area contributed by atoms with Gasteiger partial charge in [-0.2, -0.15) is 5.26 Å². The zero-order chi connectivity index (χ0) is 12.4. The molecule has 0 saturated carbocycles. The molecule has 0 N–H and O–H groups in total. The summed E-state index contributed by atoms with van der Waals surface area (Å²) < 4.78 is 19.1. The van der Waals surface area contributed by atoms with Gasteiger partial charge < -0.3 is 9.64 Å². The largest absolute Gasteiger partial charge is 0.375 e. The minimum Gasteiger partial charge on any atom is -0.375 e. The molecular weight excluding hydrogens is 219 g/mol. The van der Waals surface area contributed by atoms with E-state index in [9.17, 15) is 4.39 Å². The van der Waals surface area contributed by atoms with Crippen LogP contribution >= 0.6 is 0 Å². The molecule has 0 radical (unpaired) electrons. The van der Waals surface area contributed by atoms with Crippen LogP contribution in [-0.4, -0.2) is 25.3 Å². The summed E-state index contributed by atoms with van der Waals surface area (Å²) in [6.45, 7) is 5.27. The molecule has 0 spiro atoms. The van der Waals surface area contributed by atoms with Crippen LogP contribution in [0.25, 0.3) is 0 Å². The van der Waals surface area contributed by atoms with Crippen LogP contribution in [-0.2, 0) is 4.74 Å². The van der Waals surface area contributed by atoms with E-state index < -0.39 is 5.82 Å². The monoisotopic (exact) mass is 234 g/mol. The maximum Gasteiger partial charge on any atom is 0.143 e. The van der Waals surface area contributed by atoms with E-state index in [1.807, 2.05) is 24.8 Å². The molecule has 4 heteroatoms. The van der Waals surface area contributed by atoms with Gasteiger partial charge in [0.2, 0.25) is 0 Å². The molecule has 0 bridgehead atoms. The average molecular weight is 234 g/mol. The number of nitriles is 1. The van der Waals surface area contributed by atoms with Crippen molar-refractivity contribution < 1.29 is 9.13 Å². The van der Waals surface area contributed by atoms with Gasteiger partial charge >= 0.3 is 0 Å². The topological polar surface area (TPSA) is 36.3 Å². The van der Waals surface area contributed by atoms with Crippen molar-refractivity contribution in [1.29, 1.82) is 5.26 Å². The number of rotatable bonds is 1. The Morgan fingerprint density at radius 2 is 2.24 bits per heavy atom. The lowest BCUT2D eigenvalue weighted by atomic mass is 10.1. The molecule has 1 aliphatic heterocycles. The second-order valence-electron chi connectivity index (χ2n) is 4.39. The Bertz CT molecular complexity index is 455. The predicted octanol–water partition coefficient (Wildman–Crippen LogP) is 2.31. The molecule has 2 unspecified atom stereocenters. The van der Waals surface area contributed by atoms with Gasteiger partial charge in [-0.05, 0) is 26.0 Å². The third-order valence-electron chi connectivity index (χ3n) is 3.02. The van der Waals surface area contributed by atoms with Crippen molar-refractivity contribution in [2.24, 2.45) is 0 Å². The molecule has 17 heavy (non-hydrogen) atoms. The minimum atomic E-state index is -0.462. The first-order valence-corrected chi connectivity index (χ1v) is 5.70. The number of nitrogens with zero attached hydrogens (tertiary/aromatic N) is 2. The fourth-order valence-electron chi connectivity index (χ4n) is 2.10. The lowest BCUT2D eigenvalue weighted by molar-refractivity contribution is 0.0343. The molecule has 2 atom stereocenters. The van der Waals surface area contributed by atoms with E-state index >= 15 is 0 Å². The molecule has 90 valence electrons. The van der Waals surface area contributed by atoms with E-state index in [1.54, 1.807) is 12.1 Å². The van der Waals surface area contributed by atoms with E-state index in [0.29, 0.717) is 18.8 Å². The molecule has 3 nitrogen and oxygen atoms in total. The van der Waals surface area contributed by atoms with Gasteiger partial charge in [0.15, 0.2) is 0 Å². The molecule has 1 aromatic carbocycles. The number of hydrogen-bond acceptors (Lipinski definition) is 3. The summed E-state index contributed by atoms with van der Waals surface area (Å²) in [5.41, 5.74) is 0.781. The summed E-state index contributed by atoms with van der Waals surface area (Å²) in [5.74, 6) is -0.462. The van der Waals surface area contributed by atoms with E-state index in [1.165, 1.54) is 6.07 Å². The highest BCUT2D eigenvalue weighted by molar-refractivity contribution is 5.60. The lowest BCUT2D eigenvalue weighted by Crippen LogP contribution is -2.47. The van der Waals surface area contributed by atoms with Crippen molar-refractivity contribution in [2.45, 2.75) is 26.0 Å². The van der Waals surface area contributed by atoms with Gasteiger partial charge in [0.1, 0.15) is 17.4 Å². The normalized spacial score (nSPS) is 24.5. The molecule has 1 heterocycles. The molecule has 1 aromatic rings. The van der Waals surface area contributed by atoms with Gasteiger partial charge in [0.05, 0.1) is 18.4 Å². The van der Waals surface area contributed by atoms with Crippen LogP contribution in [0.5, 0.6) is 0 Å². The van der Waals surface area contributed by atoms with E-state index in [2.05, 4.69) is 0 Å². The highest BCUT2D eigenvalue weighted by Crippen LogP contribution is 2.26. The van der Waals surface area contributed by atoms with Crippen LogP contribution in [0, 0.1) is 17.1 Å². The predicted molar refractivity (Wildman–Crippen MR) is 63.3 cm³/mol. The van der Waals surface area contributed by atoms with Gasteiger partial charge in [0.25, 0.3) is 0 Å². The zero-order valence-electron chi connectivity index (χ0n) is 9.98. The minimum absolute atomic E-state index is 0.0982. The molecular formula is C13H15FN2O. The highest BCUT2D eigenvalue weighted by atomic mass is 19.1. The number of benzene rings is 1. The number of morpholine rings is 1. The quantitative estimate of drug-likeness (QED) is 0.748. The van der Waals surface area contributed by atoms with Gasteiger partial charge in [-0.1, -0.05) is 6.07 Å². The molecule has 1 fully saturated rings. The van der Waals surface area contributed by atoms with Crippen LogP contribution in [0.3, 0.4) is 0 Å². The second kappa shape index (κ2) is 4.72. The van der Waals surface area contributed by atoms with Gasteiger partial charge in [-0.25, -0.2) is 4.39 Å². The Kier molecular flexibility index (Phi) is 3.30. The third-order valence-corrected chi connectivity index (χ3v) is 3.02. The average Bonchev–Trinajstić information content (AvgIpc) is 2.32. The maximum atomic E-state index is 13.5. The summed E-state index contributed by atoms with van der Waals surface area (Å²) in [4.78, 5) is 2.04. The smallest absolute Gasteiger partial charge is 0.143 e. The van der Waals surface area contributed by atoms with Crippen molar-refractivity contribution in [1.82, 2.24) is 0 Å². The molecule has 2 rings (SSSR count). The lowest BCUT2D eigenvalue weighted by Gasteiger charge is -2.38. The summed E-state index contributed by atoms with van der Waals surface area (Å²) in [5, 5.41) is 9.03. The Balaban J connectivity index is 2.39. The number of halogens is 1. The van der Waals surface area contributed by atoms with E-state index in [-0.39, 0.29) is 17.7 Å². The van der Waals surface area contributed by atoms with Crippen LogP contribution in [0.15, 0.2) is 18.2 Å². The molecule has 0 amide bonds. The summed E-state index contributed by atoms with van der Waals surface area (Å²) in [7, 11) is 0. The second-order valence-corrected chi connectivity index (χ2v) is 4.39. The summed E-state index contributed by atoms with van der Waals surface area (Å²) in [6, 6.07) is 6.83. The maximum absolute atomic E-state index is 13.5. The van der Waals surface area contributed by atoms with Crippen LogP contribution in [0.1, 0.15) is 19.4 Å². The molecule has 0 aromatic heterocycles. The Morgan fingerprint density at radius 1 is 1.47 bits per heavy atom. The summed E-state index contributed by atoms with van der Waals surface area (Å²) >= 11 is 0. The zero-order valence-corrected chi connectivity index (χ0v) is 9.98. The molecule has 0 aliphatic carbocycles. The molecule has 1 saturated heterocycles. The van der Waals surface area contributed by atoms with Gasteiger partial charge in [-0.15, -0.1) is 0 Å². The van der Waals surface area contributed by atoms with Crippen molar-refractivity contribution >= 4 is 5.69 Å². The van der Waals surface area contributed by atoms with Crippen molar-refractivity contribution in [3.05, 3.63) is 29.6 Å². The van der Waals surface area contributed by atoms with Crippen molar-refractivity contribution in [3.8, 4) is 6.07 Å². The van der Waals surface area contributed by atoms with E-state index in [0.717, 1.165) is 0 Å². The van der Waals surface area contributed by atoms with Crippen molar-refractivity contribution in [3.63, 3.8) is 0 Å². The number of anilines is 1. The van der Waals surface area contributed by atoms with Crippen molar-refractivity contribution in [2.75, 3.05) is 18.1 Å². The first kappa shape index (κ1) is 11.9. The Hall–Kier alpha value is -1.60. The first-order chi connectivity index (χ1) is 8.13. The van der Waals surface area contributed by atoms with Gasteiger partial charge in [0, 0.05) is 12.6 Å². The summed E-state index contributed by atoms with van der Waals surface area (Å²) in [6.07, 6.45) is 0.0982. The standard InChI is InChI=1S/C13H15FN2O/c1-9-8-17-10(2)7-16(9)13-5-3-4-12(14)11(13)6-15/h3-5,9-10H,7-8H2,1-2H3. The van der Waals surface area contributed by atoms with Crippen LogP contribution in [0.4, 0.5) is 10.1 Å². The fourth-order valence-corrected chi connectivity index (χ4v) is 2.10. The SMILES string of the molecule is CC1CN(c2cccc(F)c2C#N)C(C)CO1. The fraction of sp³-hybridized carbons (Fsp3) is 0.462. The third kappa shape index (κ3) is 2.25. The highest BCUT2D eigenvalue weighted by Gasteiger charge is 2.26. The molecule has 1 aliphatic rings. The van der Waals surface area contributed by atoms with Crippen LogP contribution in [0.2, 0.25) is 0 Å². The van der Waals surface area contributed by atoms with Gasteiger partial charge in [-0.3, -0.25) is 0 Å². The van der Waals surface area contributed by atoms with E-state index in [4.69, 9.17) is 10.00 Å². The van der Waals surface area contributed by atoms with Crippen LogP contribution < -0.4 is 4.90 Å². The Morgan fingerprint density at radius 3 is 2.94 bits per heavy atom. The number of hydrogen-bond donors (Lipinski definition) is 0. The number of ether oxygens (including phenoxy) is 1.